The summed E-state index contributed by atoms with van der Waals surface area (Å²) in [5.41, 5.74) is 0. The maximum Gasteiger partial charge on any atom is 0.105 e. The van der Waals surface area contributed by atoms with Crippen LogP contribution in [0.4, 0.5) is 0 Å². The topological polar surface area (TPSA) is 0 Å². The Labute approximate surface area is 109 Å². The van der Waals surface area contributed by atoms with Crippen LogP contribution in [0.15, 0.2) is 0 Å². The van der Waals surface area contributed by atoms with Crippen LogP contribution in [0.1, 0.15) is 0 Å². The van der Waals surface area contributed by atoms with Crippen LogP contribution in [-0.2, 0) is 0 Å². The van der Waals surface area contributed by atoms with Crippen molar-refractivity contribution in [1.29, 1.82) is 0 Å². The van der Waals surface area contributed by atoms with E-state index in [4.69, 9.17) is 0 Å². The number of rotatable bonds is 5. The normalized spacial score (nSPS) is 22.3. The lowest BCUT2D eigenvalue weighted by molar-refractivity contribution is 2.28. The van der Waals surface area contributed by atoms with Gasteiger partial charge in [0.1, 0.15) is 6.99 Å². The molecule has 14 heavy (non-hydrogen) atoms. The lowest BCUT2D eigenvalue weighted by atomic mass is 11.9. The van der Waals surface area contributed by atoms with Gasteiger partial charge in [0, 0.05) is 22.6 Å². The van der Waals surface area contributed by atoms with Gasteiger partial charge < -0.3 is 0 Å². The molecule has 0 fully saturated rings. The summed E-state index contributed by atoms with van der Waals surface area (Å²) in [4.78, 5) is 0. The molecule has 0 amide bonds. The fourth-order valence-corrected chi connectivity index (χ4v) is 88.9. The highest BCUT2D eigenvalue weighted by Gasteiger charge is 2.37. The molecule has 0 saturated carbocycles. The fraction of sp³-hybridized carbons (Fsp3) is 1.00. The van der Waals surface area contributed by atoms with Crippen LogP contribution < -0.4 is 0 Å². The largest absolute Gasteiger partial charge is 0.109 e. The van der Waals surface area contributed by atoms with Crippen LogP contribution in [0.2, 0.25) is 0 Å². The minimum Gasteiger partial charge on any atom is -0.109 e. The zero-order valence-electron chi connectivity index (χ0n) is 8.20. The van der Waals surface area contributed by atoms with Gasteiger partial charge in [-0.3, -0.25) is 0 Å². The lowest BCUT2D eigenvalue weighted by Crippen LogP contribution is -1.64. The summed E-state index contributed by atoms with van der Waals surface area (Å²) < 4.78 is 0. The number of hydrogen-bond donors (Lipinski definition) is 0. The van der Waals surface area contributed by atoms with Gasteiger partial charge in [0.2, 0.25) is 0 Å². The van der Waals surface area contributed by atoms with Crippen LogP contribution >= 0.6 is 96.1 Å². The summed E-state index contributed by atoms with van der Waals surface area (Å²) in [6, 6.07) is 0. The molecule has 11 unspecified atom stereocenters. The predicted octanol–water partition coefficient (Wildman–Crippen LogP) is 7.19. The molecule has 0 rings (SSSR count). The van der Waals surface area contributed by atoms with Gasteiger partial charge in [-0.15, -0.1) is 26.8 Å². The highest BCUT2D eigenvalue weighted by molar-refractivity contribution is 9.19. The molecule has 0 saturated heterocycles. The van der Waals surface area contributed by atoms with Gasteiger partial charge in [0.05, 0.1) is 13.3 Å². The highest BCUT2D eigenvalue weighted by atomic mass is 33.2. The third-order valence-electron chi connectivity index (χ3n) is 1.30. The van der Waals surface area contributed by atoms with Gasteiger partial charge >= 0.3 is 0 Å². The first kappa shape index (κ1) is 19.2. The van der Waals surface area contributed by atoms with Gasteiger partial charge in [-0.25, -0.2) is 0 Å². The van der Waals surface area contributed by atoms with Crippen molar-refractivity contribution in [3.63, 3.8) is 0 Å². The van der Waals surface area contributed by atoms with Crippen molar-refractivity contribution in [2.24, 2.45) is 0 Å². The Morgan fingerprint density at radius 1 is 1.00 bits per heavy atom. The standard InChI is InChI=1S/C2H19P12/c1-14(2,8)13(7)12(6)11(5)10(4)9-3/h9H,3-8H2,1-2H3/q+1. The van der Waals surface area contributed by atoms with E-state index in [1.165, 1.54) is 0 Å². The van der Waals surface area contributed by atoms with Crippen molar-refractivity contribution in [2.75, 3.05) is 13.3 Å². The molecule has 12 heteroatoms. The van der Waals surface area contributed by atoms with E-state index in [-0.39, 0.29) is 27.9 Å². The quantitative estimate of drug-likeness (QED) is 0.418. The van der Waals surface area contributed by atoms with Crippen molar-refractivity contribution in [1.82, 2.24) is 0 Å². The molecular weight excluding hydrogens is 396 g/mol. The predicted molar refractivity (Wildman–Crippen MR) is 113 cm³/mol. The second-order valence-corrected chi connectivity index (χ2v) is 51.4. The van der Waals surface area contributed by atoms with Crippen LogP contribution in [0.3, 0.4) is 0 Å². The second kappa shape index (κ2) is 9.16. The van der Waals surface area contributed by atoms with Crippen LogP contribution in [0, 0.1) is 0 Å². The molecule has 0 N–H and O–H groups in total. The molecule has 0 aromatic carbocycles. The van der Waals surface area contributed by atoms with Crippen molar-refractivity contribution >= 4 is 96.1 Å². The van der Waals surface area contributed by atoms with Gasteiger partial charge in [-0.2, -0.15) is 0 Å². The Hall–Kier alpha value is 5.16. The van der Waals surface area contributed by atoms with Gasteiger partial charge in [0.25, 0.3) is 0 Å². The summed E-state index contributed by atoms with van der Waals surface area (Å²) in [5, 5.41) is 0. The third-order valence-corrected chi connectivity index (χ3v) is 83.3. The van der Waals surface area contributed by atoms with E-state index in [9.17, 15) is 0 Å². The zero-order chi connectivity index (χ0) is 11.5. The molecular formula is C2H19P12+. The van der Waals surface area contributed by atoms with Crippen molar-refractivity contribution in [2.45, 2.75) is 0 Å². The van der Waals surface area contributed by atoms with E-state index in [0.29, 0.717) is 0 Å². The van der Waals surface area contributed by atoms with E-state index in [0.717, 1.165) is 7.96 Å². The van der Waals surface area contributed by atoms with Crippen molar-refractivity contribution < 1.29 is 0 Å². The fourth-order valence-electron chi connectivity index (χ4n) is 0.488. The molecule has 11 atom stereocenters. The summed E-state index contributed by atoms with van der Waals surface area (Å²) in [6.07, 6.45) is 0. The van der Waals surface area contributed by atoms with E-state index in [1.807, 2.05) is 0 Å². The molecule has 0 bridgehead atoms. The van der Waals surface area contributed by atoms with E-state index < -0.39 is 6.64 Å². The second-order valence-electron chi connectivity index (χ2n) is 2.91. The Kier molecular flexibility index (Phi) is 12.5. The molecule has 0 nitrogen and oxygen atoms in total. The molecule has 0 aliphatic carbocycles. The third kappa shape index (κ3) is 7.08. The first-order valence-corrected chi connectivity index (χ1v) is 26.1. The maximum atomic E-state index is 3.17. The first-order chi connectivity index (χ1) is 6.21. The van der Waals surface area contributed by atoms with Crippen LogP contribution in [0.5, 0.6) is 0 Å². The average molecular weight is 415 g/mol. The molecule has 0 heterocycles. The maximum absolute atomic E-state index is 3.17. The minimum absolute atomic E-state index is 0.164. The molecule has 0 aromatic rings. The van der Waals surface area contributed by atoms with Gasteiger partial charge in [-0.1, -0.05) is 25.8 Å². The monoisotopic (exact) mass is 415 g/mol. The molecule has 86 valence electrons. The lowest BCUT2D eigenvalue weighted by Gasteiger charge is -2.31. The van der Waals surface area contributed by atoms with E-state index >= 15 is 0 Å². The Bertz CT molecular complexity index is 160. The zero-order valence-corrected chi connectivity index (χ0v) is 20.6. The first-order valence-electron chi connectivity index (χ1n) is 3.50. The van der Waals surface area contributed by atoms with E-state index in [1.54, 1.807) is 0 Å². The molecule has 0 aromatic heterocycles. The molecule has 0 radical (unpaired) electrons. The summed E-state index contributed by atoms with van der Waals surface area (Å²) in [6.45, 7) is 4.88. The SMILES string of the molecule is C[P+](C)(P)P(P)P(P)P(P)P(P)PP. The molecule has 0 aliphatic rings. The molecule has 0 aliphatic heterocycles. The summed E-state index contributed by atoms with van der Waals surface area (Å²) in [5.74, 6) is 0. The highest BCUT2D eigenvalue weighted by Crippen LogP contribution is 3.16. The van der Waals surface area contributed by atoms with Crippen molar-refractivity contribution in [3.05, 3.63) is 0 Å². The minimum atomic E-state index is -0.714. The van der Waals surface area contributed by atoms with Crippen LogP contribution in [-0.4, -0.2) is 13.3 Å². The number of hydrogen-bond acceptors (Lipinski definition) is 0. The smallest absolute Gasteiger partial charge is 0.105 e. The Morgan fingerprint density at radius 2 is 1.43 bits per heavy atom. The van der Waals surface area contributed by atoms with Gasteiger partial charge in [0.15, 0.2) is 0 Å². The average Bonchev–Trinajstić information content (AvgIpc) is 2.11. The molecule has 0 spiro atoms. The van der Waals surface area contributed by atoms with Crippen LogP contribution in [0.25, 0.3) is 0 Å². The summed E-state index contributed by atoms with van der Waals surface area (Å²) in [7, 11) is 19.6. The Morgan fingerprint density at radius 3 is 1.71 bits per heavy atom. The van der Waals surface area contributed by atoms with Gasteiger partial charge in [-0.05, 0) is 14.0 Å². The summed E-state index contributed by atoms with van der Waals surface area (Å²) >= 11 is 0. The van der Waals surface area contributed by atoms with Crippen molar-refractivity contribution in [3.8, 4) is 0 Å². The van der Waals surface area contributed by atoms with E-state index in [2.05, 4.69) is 66.9 Å². The Balaban J connectivity index is 4.38.